The average molecular weight is 238 g/mol. The highest BCUT2D eigenvalue weighted by Gasteiger charge is 2.20. The second-order valence-electron chi connectivity index (χ2n) is 5.14. The molecular formula is C12H22N4O. The first-order valence-electron chi connectivity index (χ1n) is 6.38. The summed E-state index contributed by atoms with van der Waals surface area (Å²) < 4.78 is 7.32. The first-order valence-corrected chi connectivity index (χ1v) is 6.38. The molecule has 0 saturated carbocycles. The van der Waals surface area contributed by atoms with Crippen molar-refractivity contribution in [3.05, 3.63) is 12.2 Å². The number of nitrogens with two attached hydrogens (primary N) is 1. The molecule has 0 aromatic carbocycles. The minimum absolute atomic E-state index is 0.156. The molecule has 2 heterocycles. The molecule has 0 aliphatic carbocycles. The Morgan fingerprint density at radius 3 is 3.06 bits per heavy atom. The molecule has 1 aromatic heterocycles. The molecule has 1 fully saturated rings. The van der Waals surface area contributed by atoms with Gasteiger partial charge in [-0.1, -0.05) is 0 Å². The third-order valence-corrected chi connectivity index (χ3v) is 3.24. The van der Waals surface area contributed by atoms with Crippen molar-refractivity contribution >= 4 is 0 Å². The molecular weight excluding hydrogens is 216 g/mol. The lowest BCUT2D eigenvalue weighted by molar-refractivity contribution is 0.182. The lowest BCUT2D eigenvalue weighted by Crippen LogP contribution is -2.28. The summed E-state index contributed by atoms with van der Waals surface area (Å²) in [5, 5.41) is 4.23. The van der Waals surface area contributed by atoms with E-state index in [1.165, 1.54) is 0 Å². The standard InChI is InChI=1S/C12H22N4O/c1-9(2)16-12(14-8-15-16)6-11(13)5-10-3-4-17-7-10/h8-11H,3-7,13H2,1-2H3. The van der Waals surface area contributed by atoms with Gasteiger partial charge in [0.05, 0.1) is 0 Å². The smallest absolute Gasteiger partial charge is 0.138 e. The lowest BCUT2D eigenvalue weighted by Gasteiger charge is -2.16. The molecule has 0 radical (unpaired) electrons. The normalized spacial score (nSPS) is 22.2. The van der Waals surface area contributed by atoms with Gasteiger partial charge in [-0.3, -0.25) is 0 Å². The van der Waals surface area contributed by atoms with E-state index in [1.54, 1.807) is 6.33 Å². The number of ether oxygens (including phenoxy) is 1. The van der Waals surface area contributed by atoms with Crippen LogP contribution in [0.25, 0.3) is 0 Å². The van der Waals surface area contributed by atoms with Gasteiger partial charge in [0, 0.05) is 31.7 Å². The molecule has 5 nitrogen and oxygen atoms in total. The summed E-state index contributed by atoms with van der Waals surface area (Å²) in [6.07, 6.45) is 4.57. The number of aromatic nitrogens is 3. The Kier molecular flexibility index (Phi) is 4.12. The van der Waals surface area contributed by atoms with E-state index in [1.807, 2.05) is 4.68 Å². The summed E-state index contributed by atoms with van der Waals surface area (Å²) in [7, 11) is 0. The fraction of sp³-hybridized carbons (Fsp3) is 0.833. The molecule has 2 rings (SSSR count). The Morgan fingerprint density at radius 1 is 1.59 bits per heavy atom. The molecule has 2 N–H and O–H groups in total. The van der Waals surface area contributed by atoms with Crippen molar-refractivity contribution in [3.63, 3.8) is 0 Å². The van der Waals surface area contributed by atoms with Crippen molar-refractivity contribution < 1.29 is 4.74 Å². The van der Waals surface area contributed by atoms with E-state index in [0.29, 0.717) is 12.0 Å². The van der Waals surface area contributed by atoms with Gasteiger partial charge < -0.3 is 10.5 Å². The van der Waals surface area contributed by atoms with Gasteiger partial charge in [-0.25, -0.2) is 9.67 Å². The van der Waals surface area contributed by atoms with Crippen LogP contribution in [-0.2, 0) is 11.2 Å². The fourth-order valence-electron chi connectivity index (χ4n) is 2.37. The molecule has 17 heavy (non-hydrogen) atoms. The quantitative estimate of drug-likeness (QED) is 0.836. The van der Waals surface area contributed by atoms with E-state index < -0.39 is 0 Å². The minimum Gasteiger partial charge on any atom is -0.381 e. The van der Waals surface area contributed by atoms with Crippen molar-refractivity contribution in [2.75, 3.05) is 13.2 Å². The number of hydrogen-bond donors (Lipinski definition) is 1. The summed E-state index contributed by atoms with van der Waals surface area (Å²) in [6.45, 7) is 5.97. The molecule has 2 atom stereocenters. The van der Waals surface area contributed by atoms with E-state index in [2.05, 4.69) is 23.9 Å². The van der Waals surface area contributed by atoms with E-state index in [0.717, 1.165) is 38.3 Å². The van der Waals surface area contributed by atoms with Crippen molar-refractivity contribution in [3.8, 4) is 0 Å². The zero-order valence-electron chi connectivity index (χ0n) is 10.7. The first kappa shape index (κ1) is 12.5. The molecule has 1 aliphatic heterocycles. The highest BCUT2D eigenvalue weighted by atomic mass is 16.5. The summed E-state index contributed by atoms with van der Waals surface area (Å²) in [4.78, 5) is 4.29. The van der Waals surface area contributed by atoms with Crippen molar-refractivity contribution in [2.24, 2.45) is 11.7 Å². The zero-order chi connectivity index (χ0) is 12.3. The van der Waals surface area contributed by atoms with Crippen LogP contribution in [-0.4, -0.2) is 34.0 Å². The van der Waals surface area contributed by atoms with Crippen molar-refractivity contribution in [2.45, 2.75) is 45.2 Å². The van der Waals surface area contributed by atoms with Gasteiger partial charge in [-0.05, 0) is 32.6 Å². The lowest BCUT2D eigenvalue weighted by atomic mass is 9.97. The molecule has 96 valence electrons. The van der Waals surface area contributed by atoms with Gasteiger partial charge in [0.2, 0.25) is 0 Å². The largest absolute Gasteiger partial charge is 0.381 e. The predicted octanol–water partition coefficient (Wildman–Crippen LogP) is 1.16. The van der Waals surface area contributed by atoms with Crippen LogP contribution in [0, 0.1) is 5.92 Å². The molecule has 1 aliphatic rings. The molecule has 5 heteroatoms. The van der Waals surface area contributed by atoms with Gasteiger partial charge >= 0.3 is 0 Å². The average Bonchev–Trinajstić information content (AvgIpc) is 2.88. The summed E-state index contributed by atoms with van der Waals surface area (Å²) in [6, 6.07) is 0.498. The summed E-state index contributed by atoms with van der Waals surface area (Å²) >= 11 is 0. The van der Waals surface area contributed by atoms with E-state index in [-0.39, 0.29) is 6.04 Å². The van der Waals surface area contributed by atoms with Crippen LogP contribution in [0.3, 0.4) is 0 Å². The van der Waals surface area contributed by atoms with Crippen LogP contribution < -0.4 is 5.73 Å². The van der Waals surface area contributed by atoms with Crippen LogP contribution in [0.1, 0.15) is 38.6 Å². The molecule has 1 aromatic rings. The van der Waals surface area contributed by atoms with Gasteiger partial charge in [0.25, 0.3) is 0 Å². The molecule has 0 spiro atoms. The Balaban J connectivity index is 1.88. The van der Waals surface area contributed by atoms with Gasteiger partial charge in [0.1, 0.15) is 12.2 Å². The van der Waals surface area contributed by atoms with Crippen molar-refractivity contribution in [1.82, 2.24) is 14.8 Å². The first-order chi connectivity index (χ1) is 8.16. The Labute approximate surface area is 102 Å². The SMILES string of the molecule is CC(C)n1ncnc1CC(N)CC1CCOC1. The van der Waals surface area contributed by atoms with Crippen LogP contribution in [0.5, 0.6) is 0 Å². The van der Waals surface area contributed by atoms with Gasteiger partial charge in [0.15, 0.2) is 0 Å². The Hall–Kier alpha value is -0.940. The van der Waals surface area contributed by atoms with E-state index in [9.17, 15) is 0 Å². The second-order valence-corrected chi connectivity index (χ2v) is 5.14. The second kappa shape index (κ2) is 5.60. The maximum Gasteiger partial charge on any atom is 0.138 e. The van der Waals surface area contributed by atoms with E-state index in [4.69, 9.17) is 10.5 Å². The fourth-order valence-corrected chi connectivity index (χ4v) is 2.37. The molecule has 1 saturated heterocycles. The van der Waals surface area contributed by atoms with Crippen LogP contribution in [0.15, 0.2) is 6.33 Å². The van der Waals surface area contributed by atoms with Crippen molar-refractivity contribution in [1.29, 1.82) is 0 Å². The molecule has 0 bridgehead atoms. The summed E-state index contributed by atoms with van der Waals surface area (Å²) in [5.74, 6) is 1.62. The number of nitrogens with zero attached hydrogens (tertiary/aromatic N) is 3. The maximum atomic E-state index is 6.18. The minimum atomic E-state index is 0.156. The highest BCUT2D eigenvalue weighted by Crippen LogP contribution is 2.19. The Morgan fingerprint density at radius 2 is 2.41 bits per heavy atom. The van der Waals surface area contributed by atoms with Crippen LogP contribution >= 0.6 is 0 Å². The highest BCUT2D eigenvalue weighted by molar-refractivity contribution is 4.91. The molecule has 2 unspecified atom stereocenters. The maximum absolute atomic E-state index is 6.18. The third kappa shape index (κ3) is 3.26. The zero-order valence-corrected chi connectivity index (χ0v) is 10.7. The van der Waals surface area contributed by atoms with Gasteiger partial charge in [-0.15, -0.1) is 0 Å². The van der Waals surface area contributed by atoms with Crippen LogP contribution in [0.2, 0.25) is 0 Å². The van der Waals surface area contributed by atoms with E-state index >= 15 is 0 Å². The van der Waals surface area contributed by atoms with Gasteiger partial charge in [-0.2, -0.15) is 5.10 Å². The monoisotopic (exact) mass is 238 g/mol. The topological polar surface area (TPSA) is 66.0 Å². The third-order valence-electron chi connectivity index (χ3n) is 3.24. The number of rotatable bonds is 5. The van der Waals surface area contributed by atoms with Crippen LogP contribution in [0.4, 0.5) is 0 Å². The summed E-state index contributed by atoms with van der Waals surface area (Å²) in [5.41, 5.74) is 6.18. The Bertz CT molecular complexity index is 344. The molecule has 0 amide bonds. The number of hydrogen-bond acceptors (Lipinski definition) is 4. The predicted molar refractivity (Wildman–Crippen MR) is 65.6 cm³/mol.